The van der Waals surface area contributed by atoms with Gasteiger partial charge in [-0.05, 0) is 62.4 Å². The molecule has 0 spiro atoms. The summed E-state index contributed by atoms with van der Waals surface area (Å²) in [6.07, 6.45) is 4.38. The highest BCUT2D eigenvalue weighted by Gasteiger charge is 2.24. The van der Waals surface area contributed by atoms with Gasteiger partial charge in [-0.1, -0.05) is 29.3 Å². The van der Waals surface area contributed by atoms with Crippen molar-refractivity contribution < 1.29 is 4.79 Å². The molecule has 2 saturated heterocycles. The zero-order valence-corrected chi connectivity index (χ0v) is 15.4. The number of rotatable bonds is 5. The molecule has 2 aliphatic heterocycles. The summed E-state index contributed by atoms with van der Waals surface area (Å²) in [7, 11) is 0. The normalized spacial score (nSPS) is 24.9. The molecule has 6 heteroatoms. The van der Waals surface area contributed by atoms with Gasteiger partial charge in [-0.25, -0.2) is 0 Å². The second kappa shape index (κ2) is 8.52. The average molecular weight is 370 g/mol. The summed E-state index contributed by atoms with van der Waals surface area (Å²) in [5.41, 5.74) is 1.11. The molecule has 1 aromatic rings. The number of nitrogens with zero attached hydrogens (tertiary/aromatic N) is 1. The minimum absolute atomic E-state index is 0.0116. The molecular weight excluding hydrogens is 345 g/mol. The molecule has 0 radical (unpaired) electrons. The third-order valence-electron chi connectivity index (χ3n) is 4.95. The Morgan fingerprint density at radius 2 is 2.17 bits per heavy atom. The van der Waals surface area contributed by atoms with E-state index >= 15 is 0 Å². The lowest BCUT2D eigenvalue weighted by Gasteiger charge is -2.33. The first-order chi connectivity index (χ1) is 11.6. The number of carbonyl (C=O) groups is 1. The number of halogens is 2. The molecule has 2 heterocycles. The highest BCUT2D eigenvalue weighted by molar-refractivity contribution is 6.35. The topological polar surface area (TPSA) is 44.4 Å². The molecule has 0 aliphatic carbocycles. The number of hydrogen-bond donors (Lipinski definition) is 2. The van der Waals surface area contributed by atoms with Gasteiger partial charge in [0.25, 0.3) is 0 Å². The first kappa shape index (κ1) is 18.0. The summed E-state index contributed by atoms with van der Waals surface area (Å²) in [6.45, 7) is 4.63. The van der Waals surface area contributed by atoms with Crippen molar-refractivity contribution in [2.75, 3.05) is 26.2 Å². The standard InChI is InChI=1S/C18H25Cl2N3O/c19-15-6-5-14(16(20)9-15)12-23-8-2-3-13(11-23)10-22-18(24)17-4-1-7-21-17/h5-6,9,13,17,21H,1-4,7-8,10-12H2,(H,22,24). The van der Waals surface area contributed by atoms with Gasteiger partial charge in [0.2, 0.25) is 5.91 Å². The molecule has 0 saturated carbocycles. The predicted octanol–water partition coefficient (Wildman–Crippen LogP) is 3.07. The fraction of sp³-hybridized carbons (Fsp3) is 0.611. The maximum atomic E-state index is 12.1. The van der Waals surface area contributed by atoms with Crippen LogP contribution in [0.2, 0.25) is 10.0 Å². The van der Waals surface area contributed by atoms with Crippen molar-refractivity contribution in [1.29, 1.82) is 0 Å². The molecule has 3 rings (SSSR count). The molecule has 2 aliphatic rings. The fourth-order valence-electron chi connectivity index (χ4n) is 3.63. The summed E-state index contributed by atoms with van der Waals surface area (Å²) in [5.74, 6) is 0.667. The van der Waals surface area contributed by atoms with Crippen molar-refractivity contribution in [3.63, 3.8) is 0 Å². The zero-order valence-electron chi connectivity index (χ0n) is 13.9. The minimum atomic E-state index is 0.0116. The maximum Gasteiger partial charge on any atom is 0.237 e. The monoisotopic (exact) mass is 369 g/mol. The minimum Gasteiger partial charge on any atom is -0.354 e. The van der Waals surface area contributed by atoms with Gasteiger partial charge in [-0.15, -0.1) is 0 Å². The lowest BCUT2D eigenvalue weighted by molar-refractivity contribution is -0.123. The van der Waals surface area contributed by atoms with Crippen LogP contribution in [0.15, 0.2) is 18.2 Å². The molecule has 132 valence electrons. The third kappa shape index (κ3) is 4.85. The molecule has 2 N–H and O–H groups in total. The number of benzene rings is 1. The molecule has 2 fully saturated rings. The Bertz CT molecular complexity index is 575. The van der Waals surface area contributed by atoms with E-state index < -0.39 is 0 Å². The van der Waals surface area contributed by atoms with Gasteiger partial charge in [0.15, 0.2) is 0 Å². The Labute approximate surface area is 153 Å². The summed E-state index contributed by atoms with van der Waals surface area (Å²) in [4.78, 5) is 14.5. The van der Waals surface area contributed by atoms with Crippen molar-refractivity contribution in [2.45, 2.75) is 38.3 Å². The van der Waals surface area contributed by atoms with Gasteiger partial charge in [-0.3, -0.25) is 9.69 Å². The Kier molecular flexibility index (Phi) is 6.39. The van der Waals surface area contributed by atoms with Gasteiger partial charge in [0.05, 0.1) is 6.04 Å². The number of likely N-dealkylation sites (tertiary alicyclic amines) is 1. The molecule has 24 heavy (non-hydrogen) atoms. The van der Waals surface area contributed by atoms with Crippen LogP contribution >= 0.6 is 23.2 Å². The first-order valence-corrected chi connectivity index (χ1v) is 9.55. The molecule has 1 amide bonds. The van der Waals surface area contributed by atoms with E-state index in [0.29, 0.717) is 10.9 Å². The smallest absolute Gasteiger partial charge is 0.237 e. The summed E-state index contributed by atoms with van der Waals surface area (Å²) in [6, 6.07) is 5.70. The average Bonchev–Trinajstić information content (AvgIpc) is 3.10. The van der Waals surface area contributed by atoms with E-state index in [0.717, 1.165) is 62.6 Å². The highest BCUT2D eigenvalue weighted by atomic mass is 35.5. The molecule has 4 nitrogen and oxygen atoms in total. The van der Waals surface area contributed by atoms with Crippen molar-refractivity contribution in [3.05, 3.63) is 33.8 Å². The van der Waals surface area contributed by atoms with Crippen LogP contribution in [0.3, 0.4) is 0 Å². The SMILES string of the molecule is O=C(NCC1CCCN(Cc2ccc(Cl)cc2Cl)C1)C1CCCN1. The number of amides is 1. The largest absolute Gasteiger partial charge is 0.354 e. The number of nitrogens with one attached hydrogen (secondary N) is 2. The third-order valence-corrected chi connectivity index (χ3v) is 5.54. The van der Waals surface area contributed by atoms with Crippen LogP contribution in [0.5, 0.6) is 0 Å². The first-order valence-electron chi connectivity index (χ1n) is 8.79. The number of hydrogen-bond acceptors (Lipinski definition) is 3. The van der Waals surface area contributed by atoms with E-state index in [9.17, 15) is 4.79 Å². The van der Waals surface area contributed by atoms with Crippen LogP contribution in [0, 0.1) is 5.92 Å². The Morgan fingerprint density at radius 1 is 1.29 bits per heavy atom. The van der Waals surface area contributed by atoms with Crippen LogP contribution in [0.25, 0.3) is 0 Å². The fourth-order valence-corrected chi connectivity index (χ4v) is 4.10. The van der Waals surface area contributed by atoms with E-state index in [1.807, 2.05) is 12.1 Å². The lowest BCUT2D eigenvalue weighted by atomic mass is 9.97. The van der Waals surface area contributed by atoms with Gasteiger partial charge >= 0.3 is 0 Å². The number of carbonyl (C=O) groups excluding carboxylic acids is 1. The van der Waals surface area contributed by atoms with Gasteiger partial charge in [0.1, 0.15) is 0 Å². The summed E-state index contributed by atoms with van der Waals surface area (Å²) >= 11 is 12.2. The zero-order chi connectivity index (χ0) is 16.9. The van der Waals surface area contributed by atoms with E-state index in [-0.39, 0.29) is 11.9 Å². The van der Waals surface area contributed by atoms with Crippen LogP contribution in [0.4, 0.5) is 0 Å². The van der Waals surface area contributed by atoms with Crippen molar-refractivity contribution in [3.8, 4) is 0 Å². The number of piperidine rings is 1. The molecular formula is C18H25Cl2N3O. The molecule has 0 aromatic heterocycles. The second-order valence-electron chi connectivity index (χ2n) is 6.87. The van der Waals surface area contributed by atoms with Gasteiger partial charge < -0.3 is 10.6 Å². The van der Waals surface area contributed by atoms with Crippen molar-refractivity contribution in [1.82, 2.24) is 15.5 Å². The molecule has 2 unspecified atom stereocenters. The van der Waals surface area contributed by atoms with E-state index in [1.54, 1.807) is 6.07 Å². The molecule has 0 bridgehead atoms. The van der Waals surface area contributed by atoms with Gasteiger partial charge in [-0.2, -0.15) is 0 Å². The summed E-state index contributed by atoms with van der Waals surface area (Å²) in [5, 5.41) is 7.77. The van der Waals surface area contributed by atoms with Crippen LogP contribution in [0.1, 0.15) is 31.2 Å². The molecule has 1 aromatic carbocycles. The lowest BCUT2D eigenvalue weighted by Crippen LogP contribution is -2.45. The predicted molar refractivity (Wildman–Crippen MR) is 98.5 cm³/mol. The molecule has 2 atom stereocenters. The van der Waals surface area contributed by atoms with Crippen molar-refractivity contribution >= 4 is 29.1 Å². The Morgan fingerprint density at radius 3 is 2.92 bits per heavy atom. The quantitative estimate of drug-likeness (QED) is 0.837. The summed E-state index contributed by atoms with van der Waals surface area (Å²) < 4.78 is 0. The van der Waals surface area contributed by atoms with E-state index in [2.05, 4.69) is 15.5 Å². The van der Waals surface area contributed by atoms with Crippen LogP contribution < -0.4 is 10.6 Å². The highest BCUT2D eigenvalue weighted by Crippen LogP contribution is 2.24. The Balaban J connectivity index is 1.48. The van der Waals surface area contributed by atoms with Gasteiger partial charge in [0, 0.05) is 29.7 Å². The second-order valence-corrected chi connectivity index (χ2v) is 7.72. The van der Waals surface area contributed by atoms with E-state index in [1.165, 1.54) is 6.42 Å². The van der Waals surface area contributed by atoms with Crippen LogP contribution in [-0.4, -0.2) is 43.0 Å². The van der Waals surface area contributed by atoms with Crippen molar-refractivity contribution in [2.24, 2.45) is 5.92 Å². The van der Waals surface area contributed by atoms with E-state index in [4.69, 9.17) is 23.2 Å². The van der Waals surface area contributed by atoms with Crippen LogP contribution in [-0.2, 0) is 11.3 Å². The Hall–Kier alpha value is -0.810. The maximum absolute atomic E-state index is 12.1.